The summed E-state index contributed by atoms with van der Waals surface area (Å²) in [5.74, 6) is -0.247. The third kappa shape index (κ3) is 5.40. The number of carbonyl (C=O) groups is 1. The van der Waals surface area contributed by atoms with Crippen LogP contribution < -0.4 is 5.32 Å². The molecule has 15 heavy (non-hydrogen) atoms. The summed E-state index contributed by atoms with van der Waals surface area (Å²) in [6.07, 6.45) is 0. The van der Waals surface area contributed by atoms with Gasteiger partial charge < -0.3 is 10.1 Å². The molecule has 0 bridgehead atoms. The zero-order valence-corrected chi connectivity index (χ0v) is 9.38. The maximum Gasteiger partial charge on any atom is 0.302 e. The fourth-order valence-electron chi connectivity index (χ4n) is 1.10. The van der Waals surface area contributed by atoms with E-state index in [1.54, 1.807) is 0 Å². The van der Waals surface area contributed by atoms with Crippen molar-refractivity contribution in [3.63, 3.8) is 0 Å². The van der Waals surface area contributed by atoms with Crippen molar-refractivity contribution in [3.05, 3.63) is 34.9 Å². The zero-order chi connectivity index (χ0) is 11.1. The molecule has 0 saturated carbocycles. The van der Waals surface area contributed by atoms with E-state index in [2.05, 4.69) is 5.32 Å². The van der Waals surface area contributed by atoms with Crippen LogP contribution in [0.25, 0.3) is 0 Å². The van der Waals surface area contributed by atoms with Crippen molar-refractivity contribution in [2.75, 3.05) is 13.2 Å². The van der Waals surface area contributed by atoms with Gasteiger partial charge >= 0.3 is 5.97 Å². The standard InChI is InChI=1S/C11H14ClNO2/c1-9(14)15-7-6-13-8-10-2-4-11(12)5-3-10/h2-5,13H,6-8H2,1H3. The smallest absolute Gasteiger partial charge is 0.302 e. The summed E-state index contributed by atoms with van der Waals surface area (Å²) < 4.78 is 4.78. The second-order valence-corrected chi connectivity index (χ2v) is 3.58. The minimum Gasteiger partial charge on any atom is -0.465 e. The van der Waals surface area contributed by atoms with Gasteiger partial charge in [-0.25, -0.2) is 0 Å². The molecule has 1 N–H and O–H groups in total. The summed E-state index contributed by atoms with van der Waals surface area (Å²) in [5.41, 5.74) is 1.15. The number of ether oxygens (including phenoxy) is 1. The van der Waals surface area contributed by atoms with E-state index in [1.165, 1.54) is 6.92 Å². The van der Waals surface area contributed by atoms with Gasteiger partial charge in [-0.3, -0.25) is 4.79 Å². The molecule has 0 saturated heterocycles. The van der Waals surface area contributed by atoms with Gasteiger partial charge in [0.15, 0.2) is 0 Å². The molecular weight excluding hydrogens is 214 g/mol. The van der Waals surface area contributed by atoms with E-state index in [1.807, 2.05) is 24.3 Å². The molecule has 0 aliphatic carbocycles. The molecule has 0 aliphatic heterocycles. The summed E-state index contributed by atoms with van der Waals surface area (Å²) in [5, 5.41) is 3.89. The van der Waals surface area contributed by atoms with Crippen LogP contribution >= 0.6 is 11.6 Å². The number of benzene rings is 1. The van der Waals surface area contributed by atoms with Crippen LogP contribution in [-0.2, 0) is 16.1 Å². The maximum atomic E-state index is 10.4. The lowest BCUT2D eigenvalue weighted by Crippen LogP contribution is -2.20. The average molecular weight is 228 g/mol. The monoisotopic (exact) mass is 227 g/mol. The van der Waals surface area contributed by atoms with Gasteiger partial charge in [0.05, 0.1) is 0 Å². The predicted octanol–water partition coefficient (Wildman–Crippen LogP) is 1.99. The first-order valence-electron chi connectivity index (χ1n) is 4.77. The van der Waals surface area contributed by atoms with Crippen molar-refractivity contribution in [1.29, 1.82) is 0 Å². The van der Waals surface area contributed by atoms with Crippen LogP contribution in [0.1, 0.15) is 12.5 Å². The van der Waals surface area contributed by atoms with Crippen LogP contribution in [0.5, 0.6) is 0 Å². The normalized spacial score (nSPS) is 10.0. The molecule has 82 valence electrons. The third-order valence-corrected chi connectivity index (χ3v) is 2.08. The van der Waals surface area contributed by atoms with Gasteiger partial charge in [-0.2, -0.15) is 0 Å². The molecule has 0 amide bonds. The Hall–Kier alpha value is -1.06. The number of carbonyl (C=O) groups excluding carboxylic acids is 1. The van der Waals surface area contributed by atoms with Gasteiger partial charge in [0, 0.05) is 25.0 Å². The van der Waals surface area contributed by atoms with E-state index in [0.29, 0.717) is 13.2 Å². The molecule has 0 heterocycles. The van der Waals surface area contributed by atoms with E-state index in [-0.39, 0.29) is 5.97 Å². The number of nitrogens with one attached hydrogen (secondary N) is 1. The van der Waals surface area contributed by atoms with Crippen LogP contribution in [0.2, 0.25) is 5.02 Å². The Morgan fingerprint density at radius 3 is 2.67 bits per heavy atom. The van der Waals surface area contributed by atoms with Crippen molar-refractivity contribution >= 4 is 17.6 Å². The summed E-state index contributed by atoms with van der Waals surface area (Å²) in [6.45, 7) is 3.21. The fraction of sp³-hybridized carbons (Fsp3) is 0.364. The minimum absolute atomic E-state index is 0.247. The van der Waals surface area contributed by atoms with Crippen LogP contribution in [-0.4, -0.2) is 19.1 Å². The van der Waals surface area contributed by atoms with E-state index in [9.17, 15) is 4.79 Å². The summed E-state index contributed by atoms with van der Waals surface area (Å²) in [7, 11) is 0. The highest BCUT2D eigenvalue weighted by atomic mass is 35.5. The van der Waals surface area contributed by atoms with E-state index in [4.69, 9.17) is 16.3 Å². The minimum atomic E-state index is -0.247. The average Bonchev–Trinajstić information content (AvgIpc) is 2.20. The van der Waals surface area contributed by atoms with Crippen molar-refractivity contribution in [3.8, 4) is 0 Å². The molecular formula is C11H14ClNO2. The second-order valence-electron chi connectivity index (χ2n) is 3.14. The van der Waals surface area contributed by atoms with Crippen LogP contribution in [0.15, 0.2) is 24.3 Å². The van der Waals surface area contributed by atoms with Gasteiger partial charge in [-0.15, -0.1) is 0 Å². The number of hydrogen-bond donors (Lipinski definition) is 1. The topological polar surface area (TPSA) is 38.3 Å². The van der Waals surface area contributed by atoms with E-state index >= 15 is 0 Å². The van der Waals surface area contributed by atoms with Crippen molar-refractivity contribution in [2.24, 2.45) is 0 Å². The Labute approximate surface area is 94.4 Å². The molecule has 0 atom stereocenters. The predicted molar refractivity (Wildman–Crippen MR) is 59.8 cm³/mol. The molecule has 1 aromatic rings. The van der Waals surface area contributed by atoms with Gasteiger partial charge in [0.1, 0.15) is 6.61 Å². The number of halogens is 1. The van der Waals surface area contributed by atoms with Gasteiger partial charge in [-0.05, 0) is 17.7 Å². The third-order valence-electron chi connectivity index (χ3n) is 1.83. The fourth-order valence-corrected chi connectivity index (χ4v) is 1.23. The van der Waals surface area contributed by atoms with Crippen molar-refractivity contribution in [2.45, 2.75) is 13.5 Å². The molecule has 0 spiro atoms. The lowest BCUT2D eigenvalue weighted by molar-refractivity contribution is -0.140. The first kappa shape index (κ1) is 12.0. The lowest BCUT2D eigenvalue weighted by atomic mass is 10.2. The quantitative estimate of drug-likeness (QED) is 0.618. The van der Waals surface area contributed by atoms with Crippen molar-refractivity contribution < 1.29 is 9.53 Å². The molecule has 1 rings (SSSR count). The Morgan fingerprint density at radius 2 is 2.07 bits per heavy atom. The molecule has 0 radical (unpaired) electrons. The Bertz CT molecular complexity index is 311. The second kappa shape index (κ2) is 6.43. The summed E-state index contributed by atoms with van der Waals surface area (Å²) >= 11 is 5.75. The summed E-state index contributed by atoms with van der Waals surface area (Å²) in [4.78, 5) is 10.4. The summed E-state index contributed by atoms with van der Waals surface area (Å²) in [6, 6.07) is 7.62. The van der Waals surface area contributed by atoms with Crippen molar-refractivity contribution in [1.82, 2.24) is 5.32 Å². The first-order chi connectivity index (χ1) is 7.18. The van der Waals surface area contributed by atoms with E-state index in [0.717, 1.165) is 17.1 Å². The highest BCUT2D eigenvalue weighted by Gasteiger charge is 1.94. The maximum absolute atomic E-state index is 10.4. The molecule has 0 fully saturated rings. The molecule has 4 heteroatoms. The number of rotatable bonds is 5. The number of esters is 1. The zero-order valence-electron chi connectivity index (χ0n) is 8.63. The number of hydrogen-bond acceptors (Lipinski definition) is 3. The van der Waals surface area contributed by atoms with Gasteiger partial charge in [0.2, 0.25) is 0 Å². The lowest BCUT2D eigenvalue weighted by Gasteiger charge is -2.05. The Morgan fingerprint density at radius 1 is 1.40 bits per heavy atom. The molecule has 0 aromatic heterocycles. The highest BCUT2D eigenvalue weighted by molar-refractivity contribution is 6.30. The van der Waals surface area contributed by atoms with Crippen LogP contribution in [0.3, 0.4) is 0 Å². The molecule has 0 aliphatic rings. The first-order valence-corrected chi connectivity index (χ1v) is 5.15. The Kier molecular flexibility index (Phi) is 5.15. The van der Waals surface area contributed by atoms with Gasteiger partial charge in [-0.1, -0.05) is 23.7 Å². The molecule has 3 nitrogen and oxygen atoms in total. The SMILES string of the molecule is CC(=O)OCCNCc1ccc(Cl)cc1. The van der Waals surface area contributed by atoms with Gasteiger partial charge in [0.25, 0.3) is 0 Å². The molecule has 1 aromatic carbocycles. The Balaban J connectivity index is 2.15. The largest absolute Gasteiger partial charge is 0.465 e. The highest BCUT2D eigenvalue weighted by Crippen LogP contribution is 2.08. The van der Waals surface area contributed by atoms with Crippen LogP contribution in [0.4, 0.5) is 0 Å². The molecule has 0 unspecified atom stereocenters. The van der Waals surface area contributed by atoms with Crippen LogP contribution in [0, 0.1) is 0 Å². The van der Waals surface area contributed by atoms with E-state index < -0.39 is 0 Å².